The summed E-state index contributed by atoms with van der Waals surface area (Å²) in [5.41, 5.74) is 0.832. The van der Waals surface area contributed by atoms with Crippen LogP contribution in [0.1, 0.15) is 66.2 Å². The minimum atomic E-state index is -0.0345. The molecule has 2 heteroatoms. The van der Waals surface area contributed by atoms with E-state index in [0.29, 0.717) is 16.7 Å². The zero-order valence-electron chi connectivity index (χ0n) is 12.3. The summed E-state index contributed by atoms with van der Waals surface area (Å²) in [4.78, 5) is 12.7. The summed E-state index contributed by atoms with van der Waals surface area (Å²) in [6, 6.07) is 0.270. The van der Waals surface area contributed by atoms with Crippen LogP contribution in [0.3, 0.4) is 0 Å². The van der Waals surface area contributed by atoms with Crippen molar-refractivity contribution < 1.29 is 4.79 Å². The SMILES string of the molecule is CC(C)NC(=O)C12CC3C[C@@](C)(C1)C[C@@](C)(C3)C2. The maximum atomic E-state index is 12.7. The van der Waals surface area contributed by atoms with Gasteiger partial charge in [0.2, 0.25) is 5.91 Å². The fourth-order valence-electron chi connectivity index (χ4n) is 6.12. The van der Waals surface area contributed by atoms with Gasteiger partial charge in [0.25, 0.3) is 0 Å². The lowest BCUT2D eigenvalue weighted by molar-refractivity contribution is -0.170. The summed E-state index contributed by atoms with van der Waals surface area (Å²) in [6.45, 7) is 8.99. The van der Waals surface area contributed by atoms with E-state index in [2.05, 4.69) is 33.0 Å². The molecular formula is C16H27NO. The molecule has 0 unspecified atom stereocenters. The molecule has 0 aromatic rings. The van der Waals surface area contributed by atoms with E-state index in [4.69, 9.17) is 0 Å². The first-order valence-electron chi connectivity index (χ1n) is 7.55. The maximum absolute atomic E-state index is 12.7. The molecule has 4 aliphatic rings. The molecule has 1 amide bonds. The first-order valence-corrected chi connectivity index (χ1v) is 7.55. The Balaban J connectivity index is 1.91. The van der Waals surface area contributed by atoms with Crippen LogP contribution in [0.4, 0.5) is 0 Å². The van der Waals surface area contributed by atoms with E-state index in [-0.39, 0.29) is 11.5 Å². The summed E-state index contributed by atoms with van der Waals surface area (Å²) >= 11 is 0. The lowest BCUT2D eigenvalue weighted by atomic mass is 9.40. The van der Waals surface area contributed by atoms with Crippen LogP contribution in [0.2, 0.25) is 0 Å². The van der Waals surface area contributed by atoms with Crippen LogP contribution in [0.5, 0.6) is 0 Å². The van der Waals surface area contributed by atoms with Gasteiger partial charge in [-0.2, -0.15) is 0 Å². The number of carbonyl (C=O) groups is 1. The van der Waals surface area contributed by atoms with Crippen molar-refractivity contribution in [2.75, 3.05) is 0 Å². The van der Waals surface area contributed by atoms with Gasteiger partial charge >= 0.3 is 0 Å². The Morgan fingerprint density at radius 2 is 1.61 bits per heavy atom. The number of rotatable bonds is 2. The zero-order valence-corrected chi connectivity index (χ0v) is 12.3. The molecule has 4 bridgehead atoms. The first kappa shape index (κ1) is 12.5. The van der Waals surface area contributed by atoms with E-state index in [1.54, 1.807) is 0 Å². The minimum Gasteiger partial charge on any atom is -0.353 e. The molecule has 0 aromatic carbocycles. The van der Waals surface area contributed by atoms with Crippen molar-refractivity contribution in [3.63, 3.8) is 0 Å². The third kappa shape index (κ3) is 1.80. The first-order chi connectivity index (χ1) is 8.24. The van der Waals surface area contributed by atoms with E-state index in [1.165, 1.54) is 19.3 Å². The summed E-state index contributed by atoms with van der Waals surface area (Å²) in [7, 11) is 0. The Bertz CT molecular complexity index is 369. The highest BCUT2D eigenvalue weighted by molar-refractivity contribution is 5.83. The summed E-state index contributed by atoms with van der Waals surface area (Å²) in [5, 5.41) is 3.20. The fourth-order valence-corrected chi connectivity index (χ4v) is 6.12. The predicted octanol–water partition coefficient (Wildman–Crippen LogP) is 3.51. The standard InChI is InChI=1S/C16H27NO/c1-11(2)17-13(18)16-7-12-5-14(3,9-16)8-15(4,6-12)10-16/h11-12H,5-10H2,1-4H3,(H,17,18)/t12?,14-,15-,16?/m1/s1. The van der Waals surface area contributed by atoms with Crippen molar-refractivity contribution in [2.24, 2.45) is 22.2 Å². The van der Waals surface area contributed by atoms with Gasteiger partial charge in [0.05, 0.1) is 5.41 Å². The van der Waals surface area contributed by atoms with Gasteiger partial charge in [0.1, 0.15) is 0 Å². The van der Waals surface area contributed by atoms with E-state index in [9.17, 15) is 4.79 Å². The second kappa shape index (κ2) is 3.52. The Labute approximate surface area is 111 Å². The normalized spacial score (nSPS) is 49.7. The van der Waals surface area contributed by atoms with Crippen LogP contribution in [0, 0.1) is 22.2 Å². The molecule has 4 aliphatic carbocycles. The van der Waals surface area contributed by atoms with E-state index in [1.807, 2.05) is 0 Å². The molecule has 2 nitrogen and oxygen atoms in total. The molecule has 1 N–H and O–H groups in total. The lowest BCUT2D eigenvalue weighted by Gasteiger charge is -2.64. The molecule has 4 rings (SSSR count). The second-order valence-electron chi connectivity index (χ2n) is 8.54. The number of amides is 1. The van der Waals surface area contributed by atoms with Crippen molar-refractivity contribution in [3.8, 4) is 0 Å². The van der Waals surface area contributed by atoms with Gasteiger partial charge in [-0.15, -0.1) is 0 Å². The van der Waals surface area contributed by atoms with Gasteiger partial charge in [-0.3, -0.25) is 4.79 Å². The lowest BCUT2D eigenvalue weighted by Crippen LogP contribution is -2.60. The van der Waals surface area contributed by atoms with Gasteiger partial charge in [-0.1, -0.05) is 13.8 Å². The molecule has 0 saturated heterocycles. The van der Waals surface area contributed by atoms with Crippen LogP contribution in [-0.2, 0) is 4.79 Å². The highest BCUT2D eigenvalue weighted by Crippen LogP contribution is 2.69. The van der Waals surface area contributed by atoms with Gasteiger partial charge in [-0.25, -0.2) is 0 Å². The Kier molecular flexibility index (Phi) is 2.44. The van der Waals surface area contributed by atoms with Crippen molar-refractivity contribution in [2.45, 2.75) is 72.3 Å². The molecule has 0 spiro atoms. The maximum Gasteiger partial charge on any atom is 0.226 e. The average Bonchev–Trinajstić information content (AvgIpc) is 2.09. The molecule has 0 aromatic heterocycles. The molecule has 0 heterocycles. The monoisotopic (exact) mass is 249 g/mol. The van der Waals surface area contributed by atoms with Crippen LogP contribution in [0.15, 0.2) is 0 Å². The Morgan fingerprint density at radius 1 is 1.06 bits per heavy atom. The quantitative estimate of drug-likeness (QED) is 0.797. The van der Waals surface area contributed by atoms with Crippen LogP contribution < -0.4 is 5.32 Å². The Morgan fingerprint density at radius 3 is 2.06 bits per heavy atom. The van der Waals surface area contributed by atoms with Crippen LogP contribution in [0.25, 0.3) is 0 Å². The molecule has 18 heavy (non-hydrogen) atoms. The largest absolute Gasteiger partial charge is 0.353 e. The van der Waals surface area contributed by atoms with Crippen molar-refractivity contribution >= 4 is 5.91 Å². The minimum absolute atomic E-state index is 0.0345. The van der Waals surface area contributed by atoms with E-state index < -0.39 is 0 Å². The highest BCUT2D eigenvalue weighted by Gasteiger charge is 2.62. The van der Waals surface area contributed by atoms with Crippen LogP contribution in [-0.4, -0.2) is 11.9 Å². The molecule has 4 saturated carbocycles. The molecule has 4 fully saturated rings. The number of carbonyl (C=O) groups excluding carboxylic acids is 1. The average molecular weight is 249 g/mol. The smallest absolute Gasteiger partial charge is 0.226 e. The molecule has 0 aliphatic heterocycles. The second-order valence-corrected chi connectivity index (χ2v) is 8.54. The number of hydrogen-bond donors (Lipinski definition) is 1. The van der Waals surface area contributed by atoms with Crippen molar-refractivity contribution in [1.29, 1.82) is 0 Å². The highest BCUT2D eigenvalue weighted by atomic mass is 16.2. The van der Waals surface area contributed by atoms with Crippen molar-refractivity contribution in [3.05, 3.63) is 0 Å². The van der Waals surface area contributed by atoms with Crippen LogP contribution >= 0.6 is 0 Å². The summed E-state index contributed by atoms with van der Waals surface area (Å²) in [5.74, 6) is 1.15. The van der Waals surface area contributed by atoms with Gasteiger partial charge in [-0.05, 0) is 69.1 Å². The summed E-state index contributed by atoms with van der Waals surface area (Å²) in [6.07, 6.45) is 7.47. The Hall–Kier alpha value is -0.530. The number of nitrogens with one attached hydrogen (secondary N) is 1. The molecule has 0 radical (unpaired) electrons. The third-order valence-corrected chi connectivity index (χ3v) is 5.53. The summed E-state index contributed by atoms with van der Waals surface area (Å²) < 4.78 is 0. The topological polar surface area (TPSA) is 29.1 Å². The predicted molar refractivity (Wildman–Crippen MR) is 73.1 cm³/mol. The molecule has 102 valence electrons. The van der Waals surface area contributed by atoms with Gasteiger partial charge in [0.15, 0.2) is 0 Å². The van der Waals surface area contributed by atoms with E-state index >= 15 is 0 Å². The molecule has 2 atom stereocenters. The van der Waals surface area contributed by atoms with E-state index in [0.717, 1.165) is 25.2 Å². The number of hydrogen-bond acceptors (Lipinski definition) is 1. The zero-order chi connectivity index (χ0) is 13.2. The van der Waals surface area contributed by atoms with Gasteiger partial charge in [0, 0.05) is 6.04 Å². The third-order valence-electron chi connectivity index (χ3n) is 5.53. The van der Waals surface area contributed by atoms with Gasteiger partial charge < -0.3 is 5.32 Å². The fraction of sp³-hybridized carbons (Fsp3) is 0.938. The molecular weight excluding hydrogens is 222 g/mol. The van der Waals surface area contributed by atoms with Crippen molar-refractivity contribution in [1.82, 2.24) is 5.32 Å².